The van der Waals surface area contributed by atoms with Crippen LogP contribution >= 0.6 is 35.7 Å². The Hall–Kier alpha value is 0.270. The number of hydrogen-bond donors (Lipinski definition) is 2. The molecule has 2 N–H and O–H groups in total. The molecular formula is C13H28IN3O2S. The van der Waals surface area contributed by atoms with Crippen LogP contribution in [-0.4, -0.2) is 64.0 Å². The molecular weight excluding hydrogens is 389 g/mol. The van der Waals surface area contributed by atoms with Gasteiger partial charge in [-0.1, -0.05) is 0 Å². The molecule has 0 bridgehead atoms. The van der Waals surface area contributed by atoms with Crippen LogP contribution in [-0.2, 0) is 9.47 Å². The van der Waals surface area contributed by atoms with Crippen molar-refractivity contribution in [2.24, 2.45) is 4.99 Å². The normalized spacial score (nSPS) is 18.7. The standard InChI is InChI=1S/C13H27N3O2S.HI/c1-14-13(16-11-12-5-3-10-19-12)15-6-4-7-18-9-8-17-2;/h12H,3-11H2,1-2H3,(H2,14,15,16);1H. The molecule has 0 aromatic rings. The molecule has 120 valence electrons. The quantitative estimate of drug-likeness (QED) is 0.259. The molecule has 1 saturated heterocycles. The van der Waals surface area contributed by atoms with Crippen LogP contribution in [0.2, 0.25) is 0 Å². The maximum Gasteiger partial charge on any atom is 0.191 e. The van der Waals surface area contributed by atoms with Gasteiger partial charge >= 0.3 is 0 Å². The number of halogens is 1. The van der Waals surface area contributed by atoms with Crippen LogP contribution in [0.3, 0.4) is 0 Å². The summed E-state index contributed by atoms with van der Waals surface area (Å²) in [6.45, 7) is 3.98. The van der Waals surface area contributed by atoms with E-state index >= 15 is 0 Å². The molecule has 1 aliphatic heterocycles. The van der Waals surface area contributed by atoms with Crippen molar-refractivity contribution >= 4 is 41.7 Å². The van der Waals surface area contributed by atoms with Crippen LogP contribution in [0.15, 0.2) is 4.99 Å². The lowest BCUT2D eigenvalue weighted by Crippen LogP contribution is -2.40. The largest absolute Gasteiger partial charge is 0.382 e. The average Bonchev–Trinajstić information content (AvgIpc) is 2.94. The highest BCUT2D eigenvalue weighted by Gasteiger charge is 2.15. The van der Waals surface area contributed by atoms with Crippen molar-refractivity contribution in [1.82, 2.24) is 10.6 Å². The summed E-state index contributed by atoms with van der Waals surface area (Å²) in [6.07, 6.45) is 3.65. The number of rotatable bonds is 9. The van der Waals surface area contributed by atoms with Crippen LogP contribution in [0.25, 0.3) is 0 Å². The van der Waals surface area contributed by atoms with E-state index in [1.807, 2.05) is 7.05 Å². The van der Waals surface area contributed by atoms with Gasteiger partial charge in [0, 0.05) is 39.1 Å². The van der Waals surface area contributed by atoms with E-state index in [0.717, 1.165) is 37.3 Å². The fourth-order valence-electron chi connectivity index (χ4n) is 1.86. The molecule has 1 unspecified atom stereocenters. The summed E-state index contributed by atoms with van der Waals surface area (Å²) < 4.78 is 10.3. The van der Waals surface area contributed by atoms with Crippen molar-refractivity contribution < 1.29 is 9.47 Å². The number of hydrogen-bond acceptors (Lipinski definition) is 4. The highest BCUT2D eigenvalue weighted by molar-refractivity contribution is 14.0. The van der Waals surface area contributed by atoms with Gasteiger partial charge in [0.25, 0.3) is 0 Å². The van der Waals surface area contributed by atoms with E-state index in [1.165, 1.54) is 18.6 Å². The molecule has 1 heterocycles. The van der Waals surface area contributed by atoms with Gasteiger partial charge in [-0.25, -0.2) is 0 Å². The Labute approximate surface area is 144 Å². The summed E-state index contributed by atoms with van der Waals surface area (Å²) in [4.78, 5) is 4.22. The Morgan fingerprint density at radius 2 is 2.15 bits per heavy atom. The van der Waals surface area contributed by atoms with E-state index in [2.05, 4.69) is 27.4 Å². The maximum absolute atomic E-state index is 5.40. The van der Waals surface area contributed by atoms with E-state index in [0.29, 0.717) is 13.2 Å². The highest BCUT2D eigenvalue weighted by atomic mass is 127. The van der Waals surface area contributed by atoms with Crippen LogP contribution in [0, 0.1) is 0 Å². The van der Waals surface area contributed by atoms with Gasteiger partial charge in [-0.05, 0) is 25.0 Å². The molecule has 0 amide bonds. The molecule has 1 fully saturated rings. The monoisotopic (exact) mass is 417 g/mol. The van der Waals surface area contributed by atoms with E-state index in [9.17, 15) is 0 Å². The molecule has 5 nitrogen and oxygen atoms in total. The molecule has 20 heavy (non-hydrogen) atoms. The molecule has 1 atom stereocenters. The Kier molecular flexibility index (Phi) is 14.4. The minimum Gasteiger partial charge on any atom is -0.382 e. The SMILES string of the molecule is CN=C(NCCCOCCOC)NCC1CCCS1.I. The van der Waals surface area contributed by atoms with Crippen molar-refractivity contribution in [1.29, 1.82) is 0 Å². The lowest BCUT2D eigenvalue weighted by Gasteiger charge is -2.14. The molecule has 0 radical (unpaired) electrons. The van der Waals surface area contributed by atoms with Crippen LogP contribution in [0.1, 0.15) is 19.3 Å². The third-order valence-corrected chi connectivity index (χ3v) is 4.33. The first-order valence-electron chi connectivity index (χ1n) is 6.99. The van der Waals surface area contributed by atoms with Crippen LogP contribution < -0.4 is 10.6 Å². The Bertz CT molecular complexity index is 252. The predicted molar refractivity (Wildman–Crippen MR) is 97.6 cm³/mol. The minimum absolute atomic E-state index is 0. The maximum atomic E-state index is 5.40. The second-order valence-electron chi connectivity index (χ2n) is 4.47. The predicted octanol–water partition coefficient (Wildman–Crippen LogP) is 1.72. The van der Waals surface area contributed by atoms with Crippen molar-refractivity contribution in [3.8, 4) is 0 Å². The van der Waals surface area contributed by atoms with Gasteiger partial charge in [0.05, 0.1) is 13.2 Å². The van der Waals surface area contributed by atoms with Crippen LogP contribution in [0.4, 0.5) is 0 Å². The summed E-state index contributed by atoms with van der Waals surface area (Å²) in [5, 5.41) is 7.43. The van der Waals surface area contributed by atoms with E-state index in [-0.39, 0.29) is 24.0 Å². The Morgan fingerprint density at radius 3 is 2.80 bits per heavy atom. The van der Waals surface area contributed by atoms with E-state index in [4.69, 9.17) is 9.47 Å². The molecule has 0 aromatic heterocycles. The fraction of sp³-hybridized carbons (Fsp3) is 0.923. The second-order valence-corrected chi connectivity index (χ2v) is 5.88. The van der Waals surface area contributed by atoms with Gasteiger partial charge in [0.2, 0.25) is 0 Å². The molecule has 0 saturated carbocycles. The number of guanidine groups is 1. The molecule has 7 heteroatoms. The Balaban J connectivity index is 0.00000361. The summed E-state index contributed by atoms with van der Waals surface area (Å²) >= 11 is 2.06. The molecule has 0 aromatic carbocycles. The number of nitrogens with one attached hydrogen (secondary N) is 2. The number of ether oxygens (including phenoxy) is 2. The zero-order valence-corrected chi connectivity index (χ0v) is 15.7. The summed E-state index contributed by atoms with van der Waals surface area (Å²) in [7, 11) is 3.50. The first-order valence-corrected chi connectivity index (χ1v) is 8.04. The van der Waals surface area contributed by atoms with E-state index in [1.54, 1.807) is 7.11 Å². The summed E-state index contributed by atoms with van der Waals surface area (Å²) in [6, 6.07) is 0. The lowest BCUT2D eigenvalue weighted by molar-refractivity contribution is 0.0698. The molecule has 1 aliphatic rings. The lowest BCUT2D eigenvalue weighted by atomic mass is 10.2. The molecule has 0 aliphatic carbocycles. The van der Waals surface area contributed by atoms with Gasteiger partial charge in [0.1, 0.15) is 0 Å². The topological polar surface area (TPSA) is 54.9 Å². The van der Waals surface area contributed by atoms with Gasteiger partial charge in [0.15, 0.2) is 5.96 Å². The van der Waals surface area contributed by atoms with Crippen molar-refractivity contribution in [2.75, 3.05) is 52.8 Å². The summed E-state index contributed by atoms with van der Waals surface area (Å²) in [5.41, 5.74) is 0. The number of aliphatic imine (C=N–C) groups is 1. The minimum atomic E-state index is 0. The third kappa shape index (κ3) is 10.1. The molecule has 0 spiro atoms. The van der Waals surface area contributed by atoms with Crippen LogP contribution in [0.5, 0.6) is 0 Å². The Morgan fingerprint density at radius 1 is 1.30 bits per heavy atom. The van der Waals surface area contributed by atoms with Gasteiger partial charge in [-0.3, -0.25) is 4.99 Å². The van der Waals surface area contributed by atoms with E-state index < -0.39 is 0 Å². The molecule has 1 rings (SSSR count). The highest BCUT2D eigenvalue weighted by Crippen LogP contribution is 2.25. The average molecular weight is 417 g/mol. The second kappa shape index (κ2) is 14.2. The van der Waals surface area contributed by atoms with Crippen molar-refractivity contribution in [3.63, 3.8) is 0 Å². The van der Waals surface area contributed by atoms with Gasteiger partial charge < -0.3 is 20.1 Å². The van der Waals surface area contributed by atoms with Crippen molar-refractivity contribution in [2.45, 2.75) is 24.5 Å². The zero-order valence-electron chi connectivity index (χ0n) is 12.5. The fourth-order valence-corrected chi connectivity index (χ4v) is 3.06. The first kappa shape index (κ1) is 20.3. The van der Waals surface area contributed by atoms with Crippen molar-refractivity contribution in [3.05, 3.63) is 0 Å². The first-order chi connectivity index (χ1) is 9.36. The zero-order chi connectivity index (χ0) is 13.8. The van der Waals surface area contributed by atoms with Gasteiger partial charge in [-0.15, -0.1) is 24.0 Å². The summed E-state index contributed by atoms with van der Waals surface area (Å²) in [5.74, 6) is 2.20. The van der Waals surface area contributed by atoms with Gasteiger partial charge in [-0.2, -0.15) is 11.8 Å². The smallest absolute Gasteiger partial charge is 0.191 e. The number of nitrogens with zero attached hydrogens (tertiary/aromatic N) is 1. The number of methoxy groups -OCH3 is 1. The third-order valence-electron chi connectivity index (χ3n) is 2.93. The number of thioether (sulfide) groups is 1.